The Morgan fingerprint density at radius 1 is 1.52 bits per heavy atom. The molecule has 15 heteroatoms. The van der Waals surface area contributed by atoms with Gasteiger partial charge in [-0.05, 0) is 12.8 Å². The van der Waals surface area contributed by atoms with E-state index in [0.29, 0.717) is 12.8 Å². The lowest BCUT2D eigenvalue weighted by molar-refractivity contribution is -0.143. The molecule has 1 fully saturated rings. The van der Waals surface area contributed by atoms with Crippen LogP contribution < -0.4 is 11.1 Å². The summed E-state index contributed by atoms with van der Waals surface area (Å²) in [6.07, 6.45) is 3.90. The third kappa shape index (κ3) is 5.20. The molecule has 178 valence electrons. The Kier molecular flexibility index (Phi) is 7.14. The third-order valence-corrected chi connectivity index (χ3v) is 6.61. The molecule has 0 spiro atoms. The van der Waals surface area contributed by atoms with Gasteiger partial charge in [-0.2, -0.15) is 0 Å². The molecule has 2 amide bonds. The topological polar surface area (TPSA) is 185 Å². The van der Waals surface area contributed by atoms with Crippen molar-refractivity contribution in [2.45, 2.75) is 18.9 Å². The van der Waals surface area contributed by atoms with E-state index in [1.165, 1.54) is 10.4 Å². The average molecular weight is 499 g/mol. The first-order valence-electron chi connectivity index (χ1n) is 9.63. The van der Waals surface area contributed by atoms with Crippen molar-refractivity contribution in [2.24, 2.45) is 5.16 Å². The number of nitrogen functional groups attached to an aromatic ring is 1. The molecule has 33 heavy (non-hydrogen) atoms. The maximum Gasteiger partial charge on any atom is 0.355 e. The van der Waals surface area contributed by atoms with E-state index >= 15 is 0 Å². The molecule has 1 atom stereocenters. The first kappa shape index (κ1) is 24.3. The molecule has 0 bridgehead atoms. The Morgan fingerprint density at radius 3 is 2.82 bits per heavy atom. The van der Waals surface area contributed by atoms with Crippen molar-refractivity contribution in [3.05, 3.63) is 34.3 Å². The number of nitrogens with two attached hydrogens (primary N) is 1. The van der Waals surface area contributed by atoms with Crippen LogP contribution in [0.3, 0.4) is 0 Å². The van der Waals surface area contributed by atoms with Crippen molar-refractivity contribution >= 4 is 49.8 Å². The van der Waals surface area contributed by atoms with E-state index in [1.54, 1.807) is 6.08 Å². The number of carboxylic acid groups (broad SMARTS) is 1. The lowest BCUT2D eigenvalue weighted by Crippen LogP contribution is -2.46. The SMILES string of the molecule is C=CCCCO/N=C(/C(=O)N[C@H]1CN2CC(S(C)(=O)=O)=C(C(=O)O)N2C1=O)c1csc(N)n1. The van der Waals surface area contributed by atoms with Crippen LogP contribution in [-0.4, -0.2) is 84.0 Å². The predicted octanol–water partition coefficient (Wildman–Crippen LogP) is -0.689. The van der Waals surface area contributed by atoms with Gasteiger partial charge in [0.05, 0.1) is 11.4 Å². The molecule has 0 saturated carbocycles. The predicted molar refractivity (Wildman–Crippen MR) is 118 cm³/mol. The molecular weight excluding hydrogens is 476 g/mol. The fourth-order valence-corrected chi connectivity index (χ4v) is 4.70. The third-order valence-electron chi connectivity index (χ3n) is 4.72. The molecule has 13 nitrogen and oxygen atoms in total. The van der Waals surface area contributed by atoms with Crippen molar-refractivity contribution in [1.82, 2.24) is 20.3 Å². The number of hydrogen-bond donors (Lipinski definition) is 3. The molecular formula is C18H22N6O7S2. The van der Waals surface area contributed by atoms with E-state index in [0.717, 1.165) is 22.6 Å². The second kappa shape index (κ2) is 9.68. The highest BCUT2D eigenvalue weighted by Gasteiger charge is 2.50. The Balaban J connectivity index is 1.79. The van der Waals surface area contributed by atoms with Gasteiger partial charge in [-0.15, -0.1) is 17.9 Å². The number of allylic oxidation sites excluding steroid dienone is 1. The molecule has 0 aliphatic carbocycles. The number of oxime groups is 1. The van der Waals surface area contributed by atoms with E-state index in [4.69, 9.17) is 10.6 Å². The van der Waals surface area contributed by atoms with Gasteiger partial charge in [-0.25, -0.2) is 28.2 Å². The van der Waals surface area contributed by atoms with E-state index in [9.17, 15) is 27.9 Å². The monoisotopic (exact) mass is 498 g/mol. The second-order valence-electron chi connectivity index (χ2n) is 7.15. The highest BCUT2D eigenvalue weighted by atomic mass is 32.2. The summed E-state index contributed by atoms with van der Waals surface area (Å²) < 4.78 is 23.9. The fraction of sp³-hybridized carbons (Fsp3) is 0.389. The van der Waals surface area contributed by atoms with Crippen molar-refractivity contribution in [2.75, 3.05) is 31.7 Å². The number of carbonyl (C=O) groups excluding carboxylic acids is 2. The summed E-state index contributed by atoms with van der Waals surface area (Å²) in [5.74, 6) is -3.14. The summed E-state index contributed by atoms with van der Waals surface area (Å²) in [6.45, 7) is 3.39. The maximum atomic E-state index is 12.9. The van der Waals surface area contributed by atoms with Gasteiger partial charge in [0.2, 0.25) is 0 Å². The van der Waals surface area contributed by atoms with Crippen molar-refractivity contribution in [3.63, 3.8) is 0 Å². The Bertz CT molecular complexity index is 1160. The standard InChI is InChI=1S/C18H22N6O7S2/c1-3-4-5-6-31-22-13(11-9-32-18(19)21-11)15(25)20-10-7-23-8-12(33(2,29)30)14(17(27)28)24(23)16(10)26/h3,9-10H,1,4-8H2,2H3,(H2,19,21)(H,20,25)(H,27,28)/b22-13+/t10-/m0/s1. The summed E-state index contributed by atoms with van der Waals surface area (Å²) in [5, 5.41) is 19.5. The number of hydrazine groups is 1. The van der Waals surface area contributed by atoms with Gasteiger partial charge < -0.3 is 21.0 Å². The number of fused-ring (bicyclic) bond motifs is 1. The molecule has 0 radical (unpaired) electrons. The number of nitrogens with one attached hydrogen (secondary N) is 1. The highest BCUT2D eigenvalue weighted by Crippen LogP contribution is 2.31. The molecule has 3 heterocycles. The number of carboxylic acids is 1. The molecule has 1 aromatic rings. The average Bonchev–Trinajstić information content (AvgIpc) is 3.40. The zero-order valence-electron chi connectivity index (χ0n) is 17.6. The van der Waals surface area contributed by atoms with Crippen LogP contribution in [-0.2, 0) is 29.1 Å². The summed E-state index contributed by atoms with van der Waals surface area (Å²) in [5.41, 5.74) is 4.94. The van der Waals surface area contributed by atoms with Crippen LogP contribution >= 0.6 is 11.3 Å². The lowest BCUT2D eigenvalue weighted by Gasteiger charge is -2.18. The molecule has 0 aromatic carbocycles. The largest absolute Gasteiger partial charge is 0.476 e. The molecule has 2 aliphatic heterocycles. The van der Waals surface area contributed by atoms with E-state index < -0.39 is 39.4 Å². The summed E-state index contributed by atoms with van der Waals surface area (Å²) >= 11 is 1.09. The number of amides is 2. The van der Waals surface area contributed by atoms with E-state index in [-0.39, 0.29) is 41.1 Å². The van der Waals surface area contributed by atoms with Gasteiger partial charge in [0, 0.05) is 18.2 Å². The van der Waals surface area contributed by atoms with Crippen molar-refractivity contribution in [3.8, 4) is 0 Å². The van der Waals surface area contributed by atoms with Crippen LogP contribution in [0.1, 0.15) is 18.5 Å². The molecule has 1 saturated heterocycles. The van der Waals surface area contributed by atoms with Gasteiger partial charge in [0.25, 0.3) is 11.8 Å². The molecule has 4 N–H and O–H groups in total. The van der Waals surface area contributed by atoms with Crippen LogP contribution in [0.4, 0.5) is 5.13 Å². The van der Waals surface area contributed by atoms with E-state index in [2.05, 4.69) is 22.0 Å². The van der Waals surface area contributed by atoms with Gasteiger partial charge in [-0.1, -0.05) is 11.2 Å². The number of thiazole rings is 1. The quantitative estimate of drug-likeness (QED) is 0.161. The fourth-order valence-electron chi connectivity index (χ4n) is 3.24. The number of rotatable bonds is 10. The summed E-state index contributed by atoms with van der Waals surface area (Å²) in [6, 6.07) is -1.14. The lowest BCUT2D eigenvalue weighted by atomic mass is 10.2. The molecule has 1 aromatic heterocycles. The van der Waals surface area contributed by atoms with Gasteiger partial charge in [0.15, 0.2) is 26.4 Å². The first-order chi connectivity index (χ1) is 15.5. The Labute approximate surface area is 193 Å². The molecule has 3 rings (SSSR count). The summed E-state index contributed by atoms with van der Waals surface area (Å²) in [7, 11) is -3.85. The number of sulfone groups is 1. The molecule has 0 unspecified atom stereocenters. The minimum Gasteiger partial charge on any atom is -0.476 e. The van der Waals surface area contributed by atoms with Crippen LogP contribution in [0, 0.1) is 0 Å². The number of anilines is 1. The molecule has 2 aliphatic rings. The number of aromatic nitrogens is 1. The van der Waals surface area contributed by atoms with Gasteiger partial charge in [0.1, 0.15) is 18.3 Å². The highest BCUT2D eigenvalue weighted by molar-refractivity contribution is 7.94. The number of nitrogens with zero attached hydrogens (tertiary/aromatic N) is 4. The van der Waals surface area contributed by atoms with Crippen LogP contribution in [0.2, 0.25) is 0 Å². The van der Waals surface area contributed by atoms with Crippen LogP contribution in [0.25, 0.3) is 0 Å². The van der Waals surface area contributed by atoms with Gasteiger partial charge in [-0.3, -0.25) is 9.59 Å². The van der Waals surface area contributed by atoms with E-state index in [1.807, 2.05) is 0 Å². The Morgan fingerprint density at radius 2 is 2.24 bits per heavy atom. The number of unbranched alkanes of at least 4 members (excludes halogenated alkanes) is 1. The Hall–Kier alpha value is -3.30. The first-order valence-corrected chi connectivity index (χ1v) is 12.4. The van der Waals surface area contributed by atoms with Crippen molar-refractivity contribution in [1.29, 1.82) is 0 Å². The maximum absolute atomic E-state index is 12.9. The number of carbonyl (C=O) groups is 3. The second-order valence-corrected chi connectivity index (χ2v) is 10.1. The minimum absolute atomic E-state index is 0.132. The zero-order chi connectivity index (χ0) is 24.3. The smallest absolute Gasteiger partial charge is 0.355 e. The summed E-state index contributed by atoms with van der Waals surface area (Å²) in [4.78, 5) is 46.3. The number of aliphatic carboxylic acids is 1. The van der Waals surface area contributed by atoms with Gasteiger partial charge >= 0.3 is 5.97 Å². The van der Waals surface area contributed by atoms with Crippen molar-refractivity contribution < 1.29 is 32.7 Å². The normalized spacial score (nSPS) is 19.1. The zero-order valence-corrected chi connectivity index (χ0v) is 19.2. The number of hydrogen-bond acceptors (Lipinski definition) is 11. The minimum atomic E-state index is -3.85. The van der Waals surface area contributed by atoms with Crippen LogP contribution in [0.15, 0.2) is 33.8 Å². The van der Waals surface area contributed by atoms with Crippen LogP contribution in [0.5, 0.6) is 0 Å².